The van der Waals surface area contributed by atoms with Crippen molar-refractivity contribution in [2.45, 2.75) is 52.5 Å². The number of fused-ring (bicyclic) bond motifs is 1. The SMILES string of the molecule is CCc1ccc2c(c1)nc(CCCC(=O)O)n2C(C)C. The number of carboxylic acids is 1. The van der Waals surface area contributed by atoms with Crippen molar-refractivity contribution in [3.05, 3.63) is 29.6 Å². The standard InChI is InChI=1S/C16H22N2O2/c1-4-12-8-9-14-13(10-12)17-15(18(14)11(2)3)6-5-7-16(19)20/h8-11H,4-7H2,1-3H3,(H,19,20). The summed E-state index contributed by atoms with van der Waals surface area (Å²) in [5, 5.41) is 8.75. The molecule has 0 aliphatic heterocycles. The van der Waals surface area contributed by atoms with Gasteiger partial charge in [-0.15, -0.1) is 0 Å². The fourth-order valence-electron chi connectivity index (χ4n) is 2.56. The molecule has 108 valence electrons. The second kappa shape index (κ2) is 6.07. The molecule has 0 saturated heterocycles. The highest BCUT2D eigenvalue weighted by Crippen LogP contribution is 2.23. The van der Waals surface area contributed by atoms with Crippen LogP contribution >= 0.6 is 0 Å². The minimum Gasteiger partial charge on any atom is -0.481 e. The van der Waals surface area contributed by atoms with Gasteiger partial charge in [-0.3, -0.25) is 4.79 Å². The molecule has 0 saturated carbocycles. The summed E-state index contributed by atoms with van der Waals surface area (Å²) in [5.74, 6) is 0.245. The zero-order valence-corrected chi connectivity index (χ0v) is 12.4. The number of aromatic nitrogens is 2. The lowest BCUT2D eigenvalue weighted by Gasteiger charge is -2.12. The van der Waals surface area contributed by atoms with Crippen molar-refractivity contribution in [3.8, 4) is 0 Å². The second-order valence-corrected chi connectivity index (χ2v) is 5.42. The van der Waals surface area contributed by atoms with Crippen LogP contribution in [0.3, 0.4) is 0 Å². The zero-order chi connectivity index (χ0) is 14.7. The predicted octanol–water partition coefficient (Wildman–Crippen LogP) is 3.59. The normalized spacial score (nSPS) is 11.4. The van der Waals surface area contributed by atoms with Crippen molar-refractivity contribution in [1.29, 1.82) is 0 Å². The number of carbonyl (C=O) groups is 1. The van der Waals surface area contributed by atoms with E-state index in [4.69, 9.17) is 10.1 Å². The Bertz CT molecular complexity index is 614. The van der Waals surface area contributed by atoms with Crippen LogP contribution in [-0.4, -0.2) is 20.6 Å². The van der Waals surface area contributed by atoms with Crippen molar-refractivity contribution in [3.63, 3.8) is 0 Å². The van der Waals surface area contributed by atoms with Gasteiger partial charge in [-0.2, -0.15) is 0 Å². The van der Waals surface area contributed by atoms with Gasteiger partial charge in [-0.25, -0.2) is 4.98 Å². The van der Waals surface area contributed by atoms with E-state index in [-0.39, 0.29) is 6.42 Å². The third-order valence-corrected chi connectivity index (χ3v) is 3.54. The van der Waals surface area contributed by atoms with Crippen molar-refractivity contribution in [2.24, 2.45) is 0 Å². The van der Waals surface area contributed by atoms with Gasteiger partial charge in [0.05, 0.1) is 11.0 Å². The summed E-state index contributed by atoms with van der Waals surface area (Å²) in [5.41, 5.74) is 3.44. The van der Waals surface area contributed by atoms with Crippen molar-refractivity contribution in [2.75, 3.05) is 0 Å². The summed E-state index contributed by atoms with van der Waals surface area (Å²) in [6.07, 6.45) is 2.53. The maximum atomic E-state index is 10.6. The van der Waals surface area contributed by atoms with E-state index in [0.29, 0.717) is 18.9 Å². The van der Waals surface area contributed by atoms with Gasteiger partial charge in [0.15, 0.2) is 0 Å². The highest BCUT2D eigenvalue weighted by molar-refractivity contribution is 5.77. The minimum absolute atomic E-state index is 0.196. The molecule has 2 rings (SSSR count). The fourth-order valence-corrected chi connectivity index (χ4v) is 2.56. The number of hydrogen-bond donors (Lipinski definition) is 1. The molecule has 0 aliphatic rings. The van der Waals surface area contributed by atoms with Gasteiger partial charge < -0.3 is 9.67 Å². The van der Waals surface area contributed by atoms with Gasteiger partial charge in [0.1, 0.15) is 5.82 Å². The van der Waals surface area contributed by atoms with Crippen molar-refractivity contribution < 1.29 is 9.90 Å². The number of aliphatic carboxylic acids is 1. The van der Waals surface area contributed by atoms with Crippen LogP contribution in [0.25, 0.3) is 11.0 Å². The number of nitrogens with zero attached hydrogens (tertiary/aromatic N) is 2. The number of aryl methyl sites for hydroxylation is 2. The molecule has 0 fully saturated rings. The molecule has 1 heterocycles. The first kappa shape index (κ1) is 14.6. The average Bonchev–Trinajstić information content (AvgIpc) is 2.75. The first-order valence-corrected chi connectivity index (χ1v) is 7.24. The summed E-state index contributed by atoms with van der Waals surface area (Å²) < 4.78 is 2.22. The molecule has 1 N–H and O–H groups in total. The summed E-state index contributed by atoms with van der Waals surface area (Å²) in [7, 11) is 0. The molecule has 1 aromatic carbocycles. The molecule has 0 bridgehead atoms. The Kier molecular flexibility index (Phi) is 4.42. The van der Waals surface area contributed by atoms with E-state index in [2.05, 4.69) is 43.5 Å². The maximum Gasteiger partial charge on any atom is 0.303 e. The van der Waals surface area contributed by atoms with Gasteiger partial charge in [-0.1, -0.05) is 13.0 Å². The molecule has 0 spiro atoms. The molecule has 0 unspecified atom stereocenters. The third-order valence-electron chi connectivity index (χ3n) is 3.54. The Labute approximate surface area is 119 Å². The van der Waals surface area contributed by atoms with Gasteiger partial charge in [0.25, 0.3) is 0 Å². The lowest BCUT2D eigenvalue weighted by atomic mass is 10.1. The summed E-state index contributed by atoms with van der Waals surface area (Å²) >= 11 is 0. The molecule has 2 aromatic rings. The molecule has 0 atom stereocenters. The Hall–Kier alpha value is -1.84. The van der Waals surface area contributed by atoms with E-state index in [1.165, 1.54) is 5.56 Å². The number of imidazole rings is 1. The van der Waals surface area contributed by atoms with Crippen LogP contribution in [0, 0.1) is 0 Å². The van der Waals surface area contributed by atoms with Crippen molar-refractivity contribution in [1.82, 2.24) is 9.55 Å². The van der Waals surface area contributed by atoms with Crippen LogP contribution in [0.4, 0.5) is 0 Å². The Morgan fingerprint density at radius 1 is 1.40 bits per heavy atom. The number of benzene rings is 1. The Morgan fingerprint density at radius 2 is 2.15 bits per heavy atom. The lowest BCUT2D eigenvalue weighted by molar-refractivity contribution is -0.137. The van der Waals surface area contributed by atoms with E-state index >= 15 is 0 Å². The second-order valence-electron chi connectivity index (χ2n) is 5.42. The molecule has 0 amide bonds. The molecule has 0 radical (unpaired) electrons. The van der Waals surface area contributed by atoms with Crippen LogP contribution in [0.2, 0.25) is 0 Å². The molecular weight excluding hydrogens is 252 g/mol. The summed E-state index contributed by atoms with van der Waals surface area (Å²) in [6.45, 7) is 6.40. The largest absolute Gasteiger partial charge is 0.481 e. The van der Waals surface area contributed by atoms with Crippen LogP contribution in [0.15, 0.2) is 18.2 Å². The molecular formula is C16H22N2O2. The number of hydrogen-bond acceptors (Lipinski definition) is 2. The summed E-state index contributed by atoms with van der Waals surface area (Å²) in [4.78, 5) is 15.3. The molecule has 4 nitrogen and oxygen atoms in total. The van der Waals surface area contributed by atoms with Crippen LogP contribution in [0.5, 0.6) is 0 Å². The van der Waals surface area contributed by atoms with E-state index < -0.39 is 5.97 Å². The van der Waals surface area contributed by atoms with Crippen molar-refractivity contribution >= 4 is 17.0 Å². The molecule has 1 aromatic heterocycles. The number of carboxylic acid groups (broad SMARTS) is 1. The van der Waals surface area contributed by atoms with Gasteiger partial charge in [0, 0.05) is 18.9 Å². The molecule has 4 heteroatoms. The van der Waals surface area contributed by atoms with Gasteiger partial charge in [0.2, 0.25) is 0 Å². The van der Waals surface area contributed by atoms with E-state index in [9.17, 15) is 4.79 Å². The number of rotatable bonds is 6. The smallest absolute Gasteiger partial charge is 0.303 e. The van der Waals surface area contributed by atoms with Gasteiger partial charge in [-0.05, 0) is 44.4 Å². The predicted molar refractivity (Wildman–Crippen MR) is 80.1 cm³/mol. The van der Waals surface area contributed by atoms with Crippen LogP contribution in [0.1, 0.15) is 51.0 Å². The van der Waals surface area contributed by atoms with E-state index in [1.807, 2.05) is 0 Å². The van der Waals surface area contributed by atoms with E-state index in [1.54, 1.807) is 0 Å². The lowest BCUT2D eigenvalue weighted by Crippen LogP contribution is -2.07. The van der Waals surface area contributed by atoms with E-state index in [0.717, 1.165) is 23.3 Å². The monoisotopic (exact) mass is 274 g/mol. The topological polar surface area (TPSA) is 55.1 Å². The quantitative estimate of drug-likeness (QED) is 0.875. The summed E-state index contributed by atoms with van der Waals surface area (Å²) in [6, 6.07) is 6.73. The fraction of sp³-hybridized carbons (Fsp3) is 0.500. The zero-order valence-electron chi connectivity index (χ0n) is 12.4. The maximum absolute atomic E-state index is 10.6. The van der Waals surface area contributed by atoms with Gasteiger partial charge >= 0.3 is 5.97 Å². The van der Waals surface area contributed by atoms with Crippen LogP contribution < -0.4 is 0 Å². The Morgan fingerprint density at radius 3 is 2.75 bits per heavy atom. The highest BCUT2D eigenvalue weighted by atomic mass is 16.4. The molecule has 20 heavy (non-hydrogen) atoms. The molecule has 0 aliphatic carbocycles. The minimum atomic E-state index is -0.745. The third kappa shape index (κ3) is 3.00. The average molecular weight is 274 g/mol. The first-order chi connectivity index (χ1) is 9.52. The highest BCUT2D eigenvalue weighted by Gasteiger charge is 2.13. The Balaban J connectivity index is 2.36. The first-order valence-electron chi connectivity index (χ1n) is 7.24. The van der Waals surface area contributed by atoms with Crippen LogP contribution in [-0.2, 0) is 17.6 Å².